The topological polar surface area (TPSA) is 15.3 Å². The highest BCUT2D eigenvalue weighted by Crippen LogP contribution is 2.23. The van der Waals surface area contributed by atoms with Gasteiger partial charge in [0.1, 0.15) is 0 Å². The van der Waals surface area contributed by atoms with Gasteiger partial charge in [-0.2, -0.15) is 0 Å². The van der Waals surface area contributed by atoms with E-state index < -0.39 is 0 Å². The van der Waals surface area contributed by atoms with Crippen LogP contribution in [0.3, 0.4) is 0 Å². The smallest absolute Gasteiger partial charge is 0.0931 e. The van der Waals surface area contributed by atoms with Gasteiger partial charge in [0.2, 0.25) is 0 Å². The first-order valence-corrected chi connectivity index (χ1v) is 7.40. The molecule has 0 saturated heterocycles. The van der Waals surface area contributed by atoms with Crippen molar-refractivity contribution in [3.63, 3.8) is 0 Å². The van der Waals surface area contributed by atoms with Crippen LogP contribution in [0, 0.1) is 0 Å². The standard InChI is InChI=1S/C13H23ClN2S/c1-5-11(8-15-10(2)3)16(4)9-12-6-7-13(14)17-12/h6-7,10-11,15H,5,8-9H2,1-4H3. The Hall–Kier alpha value is -0.0900. The maximum Gasteiger partial charge on any atom is 0.0931 e. The third kappa shape index (κ3) is 5.38. The molecule has 1 heterocycles. The summed E-state index contributed by atoms with van der Waals surface area (Å²) in [5.41, 5.74) is 0. The van der Waals surface area contributed by atoms with Gasteiger partial charge in [0.15, 0.2) is 0 Å². The summed E-state index contributed by atoms with van der Waals surface area (Å²) in [5, 5.41) is 3.50. The minimum atomic E-state index is 0.550. The predicted molar refractivity (Wildman–Crippen MR) is 78.0 cm³/mol. The van der Waals surface area contributed by atoms with Crippen LogP contribution in [0.2, 0.25) is 4.34 Å². The van der Waals surface area contributed by atoms with E-state index in [1.54, 1.807) is 11.3 Å². The summed E-state index contributed by atoms with van der Waals surface area (Å²) in [4.78, 5) is 3.73. The molecule has 2 nitrogen and oxygen atoms in total. The molecule has 1 rings (SSSR count). The SMILES string of the molecule is CCC(CNC(C)C)N(C)Cc1ccc(Cl)s1. The lowest BCUT2D eigenvalue weighted by atomic mass is 10.2. The normalized spacial score (nSPS) is 13.6. The fourth-order valence-corrected chi connectivity index (χ4v) is 2.95. The van der Waals surface area contributed by atoms with Crippen LogP contribution in [-0.2, 0) is 6.54 Å². The Labute approximate surface area is 114 Å². The van der Waals surface area contributed by atoms with Crippen molar-refractivity contribution < 1.29 is 0 Å². The van der Waals surface area contributed by atoms with Gasteiger partial charge in [-0.05, 0) is 25.6 Å². The van der Waals surface area contributed by atoms with E-state index in [9.17, 15) is 0 Å². The van der Waals surface area contributed by atoms with Crippen molar-refractivity contribution >= 4 is 22.9 Å². The minimum Gasteiger partial charge on any atom is -0.313 e. The quantitative estimate of drug-likeness (QED) is 0.817. The average molecular weight is 275 g/mol. The van der Waals surface area contributed by atoms with Crippen LogP contribution in [0.1, 0.15) is 32.1 Å². The van der Waals surface area contributed by atoms with E-state index in [1.807, 2.05) is 6.07 Å². The molecule has 1 atom stereocenters. The minimum absolute atomic E-state index is 0.550. The van der Waals surface area contributed by atoms with E-state index in [1.165, 1.54) is 4.88 Å². The molecule has 0 spiro atoms. The highest BCUT2D eigenvalue weighted by Gasteiger charge is 2.13. The zero-order chi connectivity index (χ0) is 12.8. The molecular weight excluding hydrogens is 252 g/mol. The molecule has 0 aromatic carbocycles. The molecule has 17 heavy (non-hydrogen) atoms. The summed E-state index contributed by atoms with van der Waals surface area (Å²) >= 11 is 7.62. The number of halogens is 1. The second kappa shape index (κ2) is 7.37. The number of rotatable bonds is 7. The summed E-state index contributed by atoms with van der Waals surface area (Å²) in [6.07, 6.45) is 1.16. The molecule has 0 aliphatic carbocycles. The summed E-state index contributed by atoms with van der Waals surface area (Å²) < 4.78 is 0.877. The van der Waals surface area contributed by atoms with Crippen molar-refractivity contribution in [3.8, 4) is 0 Å². The fraction of sp³-hybridized carbons (Fsp3) is 0.692. The molecule has 0 amide bonds. The first-order valence-electron chi connectivity index (χ1n) is 6.20. The second-order valence-electron chi connectivity index (χ2n) is 4.75. The van der Waals surface area contributed by atoms with Gasteiger partial charge >= 0.3 is 0 Å². The largest absolute Gasteiger partial charge is 0.313 e. The van der Waals surface area contributed by atoms with E-state index in [4.69, 9.17) is 11.6 Å². The molecule has 0 fully saturated rings. The Morgan fingerprint density at radius 2 is 2.12 bits per heavy atom. The van der Waals surface area contributed by atoms with E-state index in [0.29, 0.717) is 12.1 Å². The van der Waals surface area contributed by atoms with Crippen LogP contribution >= 0.6 is 22.9 Å². The van der Waals surface area contributed by atoms with Gasteiger partial charge in [0, 0.05) is 30.1 Å². The van der Waals surface area contributed by atoms with Gasteiger partial charge in [0.05, 0.1) is 4.34 Å². The first-order chi connectivity index (χ1) is 8.02. The van der Waals surface area contributed by atoms with Crippen molar-refractivity contribution in [2.45, 2.75) is 45.8 Å². The van der Waals surface area contributed by atoms with E-state index in [2.05, 4.69) is 44.1 Å². The van der Waals surface area contributed by atoms with Crippen molar-refractivity contribution in [1.82, 2.24) is 10.2 Å². The molecule has 1 unspecified atom stereocenters. The Kier molecular flexibility index (Phi) is 6.49. The molecule has 1 aromatic rings. The maximum absolute atomic E-state index is 5.95. The lowest BCUT2D eigenvalue weighted by Gasteiger charge is -2.27. The van der Waals surface area contributed by atoms with Crippen molar-refractivity contribution in [2.75, 3.05) is 13.6 Å². The predicted octanol–water partition coefficient (Wildman–Crippen LogP) is 3.61. The Balaban J connectivity index is 2.45. The van der Waals surface area contributed by atoms with Gasteiger partial charge in [-0.25, -0.2) is 0 Å². The molecule has 1 N–H and O–H groups in total. The number of likely N-dealkylation sites (N-methyl/N-ethyl adjacent to an activating group) is 1. The lowest BCUT2D eigenvalue weighted by Crippen LogP contribution is -2.41. The Bertz CT molecular complexity index is 325. The van der Waals surface area contributed by atoms with E-state index in [-0.39, 0.29) is 0 Å². The zero-order valence-corrected chi connectivity index (χ0v) is 12.7. The van der Waals surface area contributed by atoms with Crippen LogP contribution < -0.4 is 5.32 Å². The molecule has 1 aromatic heterocycles. The number of nitrogens with one attached hydrogen (secondary N) is 1. The number of thiophene rings is 1. The fourth-order valence-electron chi connectivity index (χ4n) is 1.80. The highest BCUT2D eigenvalue weighted by atomic mass is 35.5. The van der Waals surface area contributed by atoms with E-state index >= 15 is 0 Å². The van der Waals surface area contributed by atoms with Gasteiger partial charge in [0.25, 0.3) is 0 Å². The van der Waals surface area contributed by atoms with Gasteiger partial charge in [-0.1, -0.05) is 32.4 Å². The second-order valence-corrected chi connectivity index (χ2v) is 6.55. The van der Waals surface area contributed by atoms with Crippen LogP contribution in [-0.4, -0.2) is 30.6 Å². The highest BCUT2D eigenvalue weighted by molar-refractivity contribution is 7.16. The third-order valence-electron chi connectivity index (χ3n) is 2.89. The maximum atomic E-state index is 5.95. The molecule has 0 saturated carbocycles. The van der Waals surface area contributed by atoms with Crippen molar-refractivity contribution in [2.24, 2.45) is 0 Å². The number of hydrogen-bond acceptors (Lipinski definition) is 3. The molecule has 0 aliphatic heterocycles. The van der Waals surface area contributed by atoms with Crippen molar-refractivity contribution in [1.29, 1.82) is 0 Å². The summed E-state index contributed by atoms with van der Waals surface area (Å²) in [5.74, 6) is 0. The average Bonchev–Trinajstić information content (AvgIpc) is 2.64. The molecule has 4 heteroatoms. The summed E-state index contributed by atoms with van der Waals surface area (Å²) in [6.45, 7) is 8.64. The molecule has 98 valence electrons. The number of hydrogen-bond donors (Lipinski definition) is 1. The molecule has 0 radical (unpaired) electrons. The summed E-state index contributed by atoms with van der Waals surface area (Å²) in [7, 11) is 2.18. The van der Waals surface area contributed by atoms with Crippen LogP contribution in [0.25, 0.3) is 0 Å². The first kappa shape index (κ1) is 15.0. The van der Waals surface area contributed by atoms with Gasteiger partial charge in [-0.3, -0.25) is 4.90 Å². The Morgan fingerprint density at radius 3 is 2.59 bits per heavy atom. The Morgan fingerprint density at radius 1 is 1.41 bits per heavy atom. The van der Waals surface area contributed by atoms with E-state index in [0.717, 1.165) is 23.8 Å². The van der Waals surface area contributed by atoms with Gasteiger partial charge in [-0.15, -0.1) is 11.3 Å². The van der Waals surface area contributed by atoms with Gasteiger partial charge < -0.3 is 5.32 Å². The molecule has 0 aliphatic rings. The van der Waals surface area contributed by atoms with Crippen LogP contribution in [0.4, 0.5) is 0 Å². The monoisotopic (exact) mass is 274 g/mol. The number of nitrogens with zero attached hydrogens (tertiary/aromatic N) is 1. The molecular formula is C13H23ClN2S. The lowest BCUT2D eigenvalue weighted by molar-refractivity contribution is 0.220. The molecule has 0 bridgehead atoms. The van der Waals surface area contributed by atoms with Crippen LogP contribution in [0.15, 0.2) is 12.1 Å². The zero-order valence-electron chi connectivity index (χ0n) is 11.2. The van der Waals surface area contributed by atoms with Crippen molar-refractivity contribution in [3.05, 3.63) is 21.3 Å². The van der Waals surface area contributed by atoms with Crippen LogP contribution in [0.5, 0.6) is 0 Å². The summed E-state index contributed by atoms with van der Waals surface area (Å²) in [6, 6.07) is 5.22. The third-order valence-corrected chi connectivity index (χ3v) is 4.11.